The number of rotatable bonds is 5. The molecule has 0 amide bonds. The van der Waals surface area contributed by atoms with Crippen molar-refractivity contribution in [3.63, 3.8) is 0 Å². The minimum atomic E-state index is -2.90. The summed E-state index contributed by atoms with van der Waals surface area (Å²) in [5.74, 6) is 0.414. The normalized spacial score (nSPS) is 24.5. The molecule has 2 atom stereocenters. The predicted molar refractivity (Wildman–Crippen MR) is 139 cm³/mol. The number of benzene rings is 1. The van der Waals surface area contributed by atoms with Crippen LogP contribution in [-0.2, 0) is 21.7 Å². The second-order valence-electron chi connectivity index (χ2n) is 11.5. The Labute approximate surface area is 224 Å². The van der Waals surface area contributed by atoms with Crippen molar-refractivity contribution in [2.45, 2.75) is 44.4 Å². The number of fused-ring (bicyclic) bond motifs is 5. The zero-order chi connectivity index (χ0) is 27.2. The van der Waals surface area contributed by atoms with E-state index in [1.807, 2.05) is 18.2 Å². The number of nitrogens with zero attached hydrogens (tertiary/aromatic N) is 6. The Morgan fingerprint density at radius 3 is 2.54 bits per heavy atom. The molecule has 8 nitrogen and oxygen atoms in total. The molecule has 1 aromatic carbocycles. The van der Waals surface area contributed by atoms with E-state index in [1.54, 1.807) is 17.1 Å². The molecule has 0 radical (unpaired) electrons. The van der Waals surface area contributed by atoms with Gasteiger partial charge >= 0.3 is 0 Å². The first-order valence-corrected chi connectivity index (χ1v) is 14.8. The number of sulfone groups is 1. The molecule has 1 saturated carbocycles. The summed E-state index contributed by atoms with van der Waals surface area (Å²) in [6.07, 6.45) is 3.84. The van der Waals surface area contributed by atoms with Crippen molar-refractivity contribution in [2.75, 3.05) is 11.5 Å². The Morgan fingerprint density at radius 1 is 1.05 bits per heavy atom. The second kappa shape index (κ2) is 8.20. The van der Waals surface area contributed by atoms with Gasteiger partial charge in [-0.3, -0.25) is 0 Å². The van der Waals surface area contributed by atoms with Gasteiger partial charge in [-0.1, -0.05) is 26.0 Å². The topological polar surface area (TPSA) is 104 Å². The standard InChI is InChI=1S/C28H26F2N6O2S/c1-27(2)18-9-10-28(27,26-17(18)12-21(33-34-26)25-19(29)5-3-6-20(25)30)22-7-4-8-24(32-22)36-15-31-23(35-36)11-16-13-39(37,38)14-16/h3-8,12,15-16,18H,9-11,13-14H2,1-2H3/t18-,28-/m0/s1. The highest BCUT2D eigenvalue weighted by molar-refractivity contribution is 7.92. The van der Waals surface area contributed by atoms with Crippen molar-refractivity contribution in [2.24, 2.45) is 11.3 Å². The smallest absolute Gasteiger partial charge is 0.155 e. The molecule has 0 N–H and O–H groups in total. The summed E-state index contributed by atoms with van der Waals surface area (Å²) in [5.41, 5.74) is 1.86. The van der Waals surface area contributed by atoms with E-state index >= 15 is 0 Å². The van der Waals surface area contributed by atoms with Gasteiger partial charge in [0.05, 0.1) is 39.6 Å². The van der Waals surface area contributed by atoms with Crippen molar-refractivity contribution in [1.82, 2.24) is 29.9 Å². The van der Waals surface area contributed by atoms with Gasteiger partial charge in [-0.05, 0) is 66.0 Å². The maximum atomic E-state index is 14.5. The van der Waals surface area contributed by atoms with Crippen LogP contribution < -0.4 is 0 Å². The molecule has 11 heteroatoms. The van der Waals surface area contributed by atoms with E-state index in [2.05, 4.69) is 34.1 Å². The van der Waals surface area contributed by atoms with Crippen LogP contribution in [0.15, 0.2) is 48.8 Å². The summed E-state index contributed by atoms with van der Waals surface area (Å²) >= 11 is 0. The lowest BCUT2D eigenvalue weighted by atomic mass is 9.66. The Kier molecular flexibility index (Phi) is 5.14. The zero-order valence-electron chi connectivity index (χ0n) is 21.5. The maximum absolute atomic E-state index is 14.5. The van der Waals surface area contributed by atoms with Crippen molar-refractivity contribution >= 4 is 9.84 Å². The number of halogens is 2. The Balaban J connectivity index is 1.26. The van der Waals surface area contributed by atoms with Crippen LogP contribution in [0.25, 0.3) is 17.1 Å². The lowest BCUT2D eigenvalue weighted by molar-refractivity contribution is 0.242. The third-order valence-corrected chi connectivity index (χ3v) is 11.0. The van der Waals surface area contributed by atoms with Crippen LogP contribution >= 0.6 is 0 Å². The van der Waals surface area contributed by atoms with E-state index in [9.17, 15) is 17.2 Å². The monoisotopic (exact) mass is 548 g/mol. The molecule has 4 aromatic rings. The molecule has 0 spiro atoms. The molecule has 7 rings (SSSR count). The molecule has 3 aliphatic rings. The number of aromatic nitrogens is 6. The third-order valence-electron chi connectivity index (χ3n) is 9.00. The number of hydrogen-bond acceptors (Lipinski definition) is 7. The van der Waals surface area contributed by atoms with Crippen molar-refractivity contribution in [1.29, 1.82) is 0 Å². The summed E-state index contributed by atoms with van der Waals surface area (Å²) < 4.78 is 53.7. The van der Waals surface area contributed by atoms with E-state index in [1.165, 1.54) is 18.2 Å². The number of hydrogen-bond donors (Lipinski definition) is 0. The van der Waals surface area contributed by atoms with Crippen molar-refractivity contribution in [3.05, 3.63) is 83.2 Å². The summed E-state index contributed by atoms with van der Waals surface area (Å²) in [4.78, 5) is 9.41. The fourth-order valence-corrected chi connectivity index (χ4v) is 8.67. The van der Waals surface area contributed by atoms with Gasteiger partial charge in [0.2, 0.25) is 0 Å². The lowest BCUT2D eigenvalue weighted by Gasteiger charge is -2.37. The van der Waals surface area contributed by atoms with E-state index in [0.717, 1.165) is 29.8 Å². The van der Waals surface area contributed by atoms with Gasteiger partial charge in [-0.15, -0.1) is 10.2 Å². The molecule has 1 aliphatic heterocycles. The van der Waals surface area contributed by atoms with Gasteiger partial charge in [0.1, 0.15) is 18.0 Å². The molecule has 2 aliphatic carbocycles. The fourth-order valence-electron chi connectivity index (χ4n) is 7.09. The highest BCUT2D eigenvalue weighted by Crippen LogP contribution is 2.69. The summed E-state index contributed by atoms with van der Waals surface area (Å²) in [6.45, 7) is 4.40. The molecule has 2 fully saturated rings. The maximum Gasteiger partial charge on any atom is 0.155 e. The van der Waals surface area contributed by atoms with E-state index in [-0.39, 0.29) is 40.0 Å². The average molecular weight is 549 g/mol. The quantitative estimate of drug-likeness (QED) is 0.368. The average Bonchev–Trinajstić information content (AvgIpc) is 3.50. The summed E-state index contributed by atoms with van der Waals surface area (Å²) in [6, 6.07) is 11.4. The first-order chi connectivity index (χ1) is 18.6. The first kappa shape index (κ1) is 24.4. The van der Waals surface area contributed by atoms with Gasteiger partial charge in [0.15, 0.2) is 21.5 Å². The molecule has 3 aromatic heterocycles. The van der Waals surface area contributed by atoms with Crippen LogP contribution in [0.3, 0.4) is 0 Å². The van der Waals surface area contributed by atoms with Gasteiger partial charge in [0, 0.05) is 6.42 Å². The minimum Gasteiger partial charge on any atom is -0.233 e. The predicted octanol–water partition coefficient (Wildman–Crippen LogP) is 4.19. The van der Waals surface area contributed by atoms with Crippen molar-refractivity contribution < 1.29 is 17.2 Å². The molecule has 1 saturated heterocycles. The zero-order valence-corrected chi connectivity index (χ0v) is 22.3. The van der Waals surface area contributed by atoms with Crippen LogP contribution in [0, 0.1) is 23.0 Å². The molecule has 0 unspecified atom stereocenters. The molecule has 200 valence electrons. The van der Waals surface area contributed by atoms with Gasteiger partial charge in [-0.2, -0.15) is 5.10 Å². The minimum absolute atomic E-state index is 0.0524. The Hall–Kier alpha value is -3.60. The molecule has 4 heterocycles. The van der Waals surface area contributed by atoms with Crippen LogP contribution in [0.2, 0.25) is 0 Å². The third kappa shape index (κ3) is 3.51. The summed E-state index contributed by atoms with van der Waals surface area (Å²) in [5, 5.41) is 13.5. The summed E-state index contributed by atoms with van der Waals surface area (Å²) in [7, 11) is -2.90. The van der Waals surface area contributed by atoms with Crippen LogP contribution in [0.1, 0.15) is 55.4 Å². The van der Waals surface area contributed by atoms with Crippen molar-refractivity contribution in [3.8, 4) is 17.1 Å². The van der Waals surface area contributed by atoms with E-state index in [4.69, 9.17) is 4.98 Å². The van der Waals surface area contributed by atoms with Crippen LogP contribution in [0.4, 0.5) is 8.78 Å². The number of pyridine rings is 1. The molecular weight excluding hydrogens is 522 g/mol. The second-order valence-corrected chi connectivity index (χ2v) is 13.6. The highest BCUT2D eigenvalue weighted by atomic mass is 32.2. The highest BCUT2D eigenvalue weighted by Gasteiger charge is 2.65. The molecule has 39 heavy (non-hydrogen) atoms. The fraction of sp³-hybridized carbons (Fsp3) is 0.393. The van der Waals surface area contributed by atoms with Crippen LogP contribution in [-0.4, -0.2) is 49.9 Å². The van der Waals surface area contributed by atoms with E-state index in [0.29, 0.717) is 18.1 Å². The molecular formula is C28H26F2N6O2S. The SMILES string of the molecule is CC1(C)[C@H]2CC[C@]1(c1cccc(-n3cnc(CC4CS(=O)(=O)C4)n3)n1)c1nnc(-c3c(F)cccc3F)cc12. The van der Waals surface area contributed by atoms with Gasteiger partial charge < -0.3 is 0 Å². The lowest BCUT2D eigenvalue weighted by Crippen LogP contribution is -2.38. The van der Waals surface area contributed by atoms with Crippen LogP contribution in [0.5, 0.6) is 0 Å². The van der Waals surface area contributed by atoms with Gasteiger partial charge in [-0.25, -0.2) is 31.8 Å². The van der Waals surface area contributed by atoms with Gasteiger partial charge in [0.25, 0.3) is 0 Å². The Morgan fingerprint density at radius 2 is 1.79 bits per heavy atom. The largest absolute Gasteiger partial charge is 0.233 e. The first-order valence-electron chi connectivity index (χ1n) is 13.0. The Bertz CT molecular complexity index is 1720. The molecule has 2 bridgehead atoms. The van der Waals surface area contributed by atoms with E-state index < -0.39 is 26.9 Å².